The lowest BCUT2D eigenvalue weighted by Crippen LogP contribution is -2.23. The van der Waals surface area contributed by atoms with Gasteiger partial charge in [-0.1, -0.05) is 0 Å². The third-order valence-electron chi connectivity index (χ3n) is 2.83. The molecule has 0 radical (unpaired) electrons. The minimum absolute atomic E-state index is 0.0370. The van der Waals surface area contributed by atoms with Crippen LogP contribution in [0.2, 0.25) is 0 Å². The van der Waals surface area contributed by atoms with Gasteiger partial charge in [0.25, 0.3) is 0 Å². The van der Waals surface area contributed by atoms with Crippen molar-refractivity contribution in [1.29, 1.82) is 0 Å². The molecule has 1 atom stereocenters. The van der Waals surface area contributed by atoms with Crippen molar-refractivity contribution in [2.75, 3.05) is 12.8 Å². The van der Waals surface area contributed by atoms with Crippen molar-refractivity contribution in [2.45, 2.75) is 25.1 Å². The second-order valence-electron chi connectivity index (χ2n) is 4.05. The number of nitrogens with one attached hydrogen (secondary N) is 1. The van der Waals surface area contributed by atoms with E-state index in [4.69, 9.17) is 0 Å². The molecule has 0 saturated carbocycles. The van der Waals surface area contributed by atoms with Crippen molar-refractivity contribution in [2.24, 2.45) is 0 Å². The number of aryl methyl sites for hydroxylation is 1. The molecule has 0 aromatic carbocycles. The zero-order chi connectivity index (χ0) is 11.8. The van der Waals surface area contributed by atoms with Gasteiger partial charge in [-0.3, -0.25) is 0 Å². The van der Waals surface area contributed by atoms with Crippen molar-refractivity contribution < 1.29 is 8.42 Å². The molecular weight excluding hydrogens is 226 g/mol. The average molecular weight is 241 g/mol. The molecule has 0 amide bonds. The second kappa shape index (κ2) is 4.10. The van der Waals surface area contributed by atoms with Crippen LogP contribution >= 0.6 is 0 Å². The molecule has 0 saturated heterocycles. The molecule has 2 heterocycles. The first-order valence-corrected chi connectivity index (χ1v) is 7.06. The lowest BCUT2D eigenvalue weighted by atomic mass is 10.2. The molecule has 5 nitrogen and oxygen atoms in total. The topological polar surface area (TPSA) is 72.0 Å². The van der Waals surface area contributed by atoms with Gasteiger partial charge in [0.1, 0.15) is 5.82 Å². The van der Waals surface area contributed by atoms with E-state index in [2.05, 4.69) is 15.3 Å². The number of rotatable bonds is 2. The van der Waals surface area contributed by atoms with Crippen LogP contribution in [0.3, 0.4) is 0 Å². The lowest BCUT2D eigenvalue weighted by Gasteiger charge is -2.17. The largest absolute Gasteiger partial charge is 0.311 e. The van der Waals surface area contributed by atoms with E-state index in [9.17, 15) is 8.42 Å². The monoisotopic (exact) mass is 241 g/mol. The number of hydrogen-bond acceptors (Lipinski definition) is 5. The fourth-order valence-corrected chi connectivity index (χ4v) is 3.02. The Hall–Kier alpha value is -1.01. The minimum Gasteiger partial charge on any atom is -0.311 e. The van der Waals surface area contributed by atoms with Gasteiger partial charge in [0.15, 0.2) is 9.84 Å². The van der Waals surface area contributed by atoms with Crippen LogP contribution in [0.5, 0.6) is 0 Å². The molecule has 16 heavy (non-hydrogen) atoms. The van der Waals surface area contributed by atoms with E-state index in [1.165, 1.54) is 0 Å². The highest BCUT2D eigenvalue weighted by Gasteiger charge is 2.23. The Morgan fingerprint density at radius 3 is 2.94 bits per heavy atom. The maximum atomic E-state index is 11.5. The third-order valence-corrected chi connectivity index (χ3v) is 4.37. The van der Waals surface area contributed by atoms with Crippen molar-refractivity contribution in [3.63, 3.8) is 0 Å². The first-order valence-electron chi connectivity index (χ1n) is 5.24. The summed E-state index contributed by atoms with van der Waals surface area (Å²) in [6.07, 6.45) is 2.28. The van der Waals surface area contributed by atoms with Gasteiger partial charge < -0.3 is 5.32 Å². The van der Waals surface area contributed by atoms with Crippen LogP contribution in [-0.2, 0) is 22.0 Å². The maximum Gasteiger partial charge on any atom is 0.156 e. The Bertz CT molecular complexity index is 499. The molecule has 88 valence electrons. The standard InChI is InChI=1S/C10H15N3O2S/c1-7(11-2)10-12-5-8-3-4-16(14,15)6-9(8)13-10/h5,7,11H,3-4,6H2,1-2H3. The number of sulfone groups is 1. The molecular formula is C10H15N3O2S. The average Bonchev–Trinajstić information content (AvgIpc) is 2.25. The molecule has 6 heteroatoms. The lowest BCUT2D eigenvalue weighted by molar-refractivity contribution is 0.583. The maximum absolute atomic E-state index is 11.5. The van der Waals surface area contributed by atoms with Crippen molar-refractivity contribution in [1.82, 2.24) is 15.3 Å². The van der Waals surface area contributed by atoms with Gasteiger partial charge >= 0.3 is 0 Å². The van der Waals surface area contributed by atoms with Crippen LogP contribution in [0.15, 0.2) is 6.20 Å². The third kappa shape index (κ3) is 2.22. The Labute approximate surface area is 95.2 Å². The quantitative estimate of drug-likeness (QED) is 0.802. The number of aromatic nitrogens is 2. The highest BCUT2D eigenvalue weighted by atomic mass is 32.2. The minimum atomic E-state index is -2.96. The van der Waals surface area contributed by atoms with Crippen LogP contribution < -0.4 is 5.32 Å². The van der Waals surface area contributed by atoms with E-state index in [-0.39, 0.29) is 17.5 Å². The van der Waals surface area contributed by atoms with Gasteiger partial charge in [0, 0.05) is 6.20 Å². The van der Waals surface area contributed by atoms with Gasteiger partial charge in [-0.15, -0.1) is 0 Å². The predicted octanol–water partition coefficient (Wildman–Crippen LogP) is 0.228. The van der Waals surface area contributed by atoms with Crippen molar-refractivity contribution in [3.05, 3.63) is 23.3 Å². The summed E-state index contributed by atoms with van der Waals surface area (Å²) in [5, 5.41) is 3.03. The van der Waals surface area contributed by atoms with Crippen LogP contribution in [-0.4, -0.2) is 31.2 Å². The fourth-order valence-electron chi connectivity index (χ4n) is 1.67. The molecule has 1 aromatic heterocycles. The highest BCUT2D eigenvalue weighted by Crippen LogP contribution is 2.19. The first kappa shape index (κ1) is 11.5. The molecule has 0 fully saturated rings. The normalized spacial score (nSPS) is 20.1. The predicted molar refractivity (Wildman–Crippen MR) is 60.7 cm³/mol. The summed E-state index contributed by atoms with van der Waals surface area (Å²) in [4.78, 5) is 8.57. The molecule has 1 N–H and O–H groups in total. The molecule has 1 aliphatic rings. The van der Waals surface area contributed by atoms with Gasteiger partial charge in [0.2, 0.25) is 0 Å². The Morgan fingerprint density at radius 1 is 1.50 bits per heavy atom. The van der Waals surface area contributed by atoms with Gasteiger partial charge in [-0.25, -0.2) is 18.4 Å². The zero-order valence-corrected chi connectivity index (χ0v) is 10.2. The molecule has 0 spiro atoms. The van der Waals surface area contributed by atoms with E-state index in [0.717, 1.165) is 5.56 Å². The van der Waals surface area contributed by atoms with Crippen LogP contribution in [0.4, 0.5) is 0 Å². The Balaban J connectivity index is 2.38. The molecule has 1 aliphatic heterocycles. The Morgan fingerprint density at radius 2 is 2.25 bits per heavy atom. The van der Waals surface area contributed by atoms with E-state index < -0.39 is 9.84 Å². The second-order valence-corrected chi connectivity index (χ2v) is 6.24. The number of nitrogens with zero attached hydrogens (tertiary/aromatic N) is 2. The van der Waals surface area contributed by atoms with E-state index >= 15 is 0 Å². The fraction of sp³-hybridized carbons (Fsp3) is 0.600. The SMILES string of the molecule is CNC(C)c1ncc2c(n1)CS(=O)(=O)CC2. The molecule has 0 bridgehead atoms. The smallest absolute Gasteiger partial charge is 0.156 e. The first-order chi connectivity index (χ1) is 7.52. The summed E-state index contributed by atoms with van der Waals surface area (Å²) in [5.74, 6) is 0.914. The molecule has 1 unspecified atom stereocenters. The summed E-state index contributed by atoms with van der Waals surface area (Å²) < 4.78 is 23.0. The van der Waals surface area contributed by atoms with Crippen LogP contribution in [0.25, 0.3) is 0 Å². The summed E-state index contributed by atoms with van der Waals surface area (Å²) >= 11 is 0. The summed E-state index contributed by atoms with van der Waals surface area (Å²) in [6.45, 7) is 1.94. The van der Waals surface area contributed by atoms with Crippen LogP contribution in [0, 0.1) is 0 Å². The van der Waals surface area contributed by atoms with E-state index in [1.807, 2.05) is 14.0 Å². The molecule has 0 aliphatic carbocycles. The van der Waals surface area contributed by atoms with Gasteiger partial charge in [-0.05, 0) is 26.0 Å². The number of hydrogen-bond donors (Lipinski definition) is 1. The van der Waals surface area contributed by atoms with E-state index in [0.29, 0.717) is 17.9 Å². The summed E-state index contributed by atoms with van der Waals surface area (Å²) in [6, 6.07) is 0.0370. The Kier molecular flexibility index (Phi) is 2.94. The number of fused-ring (bicyclic) bond motifs is 1. The molecule has 1 aromatic rings. The zero-order valence-electron chi connectivity index (χ0n) is 9.40. The molecule has 2 rings (SSSR count). The van der Waals surface area contributed by atoms with Gasteiger partial charge in [-0.2, -0.15) is 0 Å². The van der Waals surface area contributed by atoms with Crippen molar-refractivity contribution >= 4 is 9.84 Å². The van der Waals surface area contributed by atoms with Crippen molar-refractivity contribution in [3.8, 4) is 0 Å². The van der Waals surface area contributed by atoms with E-state index in [1.54, 1.807) is 6.20 Å². The highest BCUT2D eigenvalue weighted by molar-refractivity contribution is 7.90. The summed E-state index contributed by atoms with van der Waals surface area (Å²) in [5.41, 5.74) is 1.63. The summed E-state index contributed by atoms with van der Waals surface area (Å²) in [7, 11) is -1.13. The van der Waals surface area contributed by atoms with Crippen LogP contribution in [0.1, 0.15) is 30.0 Å². The van der Waals surface area contributed by atoms with Gasteiger partial charge in [0.05, 0.1) is 23.2 Å².